The number of amides is 1. The fraction of sp³-hybridized carbons (Fsp3) is 0.367. The van der Waals surface area contributed by atoms with E-state index in [2.05, 4.69) is 0 Å². The lowest BCUT2D eigenvalue weighted by molar-refractivity contribution is -0.117. The number of carbonyl (C=O) groups excluding carboxylic acids is 1. The van der Waals surface area contributed by atoms with Crippen molar-refractivity contribution < 1.29 is 33.2 Å². The van der Waals surface area contributed by atoms with Gasteiger partial charge in [-0.05, 0) is 54.3 Å². The summed E-state index contributed by atoms with van der Waals surface area (Å²) in [6.45, 7) is 2.55. The Labute approximate surface area is 225 Å². The van der Waals surface area contributed by atoms with Crippen molar-refractivity contribution in [3.05, 3.63) is 89.5 Å². The maximum Gasteiger partial charge on any atom is 0.410 e. The Bertz CT molecular complexity index is 1130. The lowest BCUT2D eigenvalue weighted by Gasteiger charge is -2.33. The third-order valence-corrected chi connectivity index (χ3v) is 6.12. The quantitative estimate of drug-likeness (QED) is 0.253. The topological polar surface area (TPSA) is 75.7 Å². The second kappa shape index (κ2) is 14.9. The van der Waals surface area contributed by atoms with Crippen molar-refractivity contribution in [3.8, 4) is 17.2 Å². The summed E-state index contributed by atoms with van der Waals surface area (Å²) in [7, 11) is 6.31. The van der Waals surface area contributed by atoms with E-state index in [0.717, 1.165) is 22.4 Å². The Morgan fingerprint density at radius 2 is 1.55 bits per heavy atom. The second-order valence-electron chi connectivity index (χ2n) is 8.51. The van der Waals surface area contributed by atoms with Gasteiger partial charge in [0, 0.05) is 14.2 Å². The zero-order chi connectivity index (χ0) is 27.3. The van der Waals surface area contributed by atoms with Gasteiger partial charge in [-0.25, -0.2) is 4.79 Å². The molecule has 3 aromatic carbocycles. The zero-order valence-corrected chi connectivity index (χ0v) is 22.7. The minimum absolute atomic E-state index is 0.159. The summed E-state index contributed by atoms with van der Waals surface area (Å²) >= 11 is 0. The Morgan fingerprint density at radius 3 is 2.21 bits per heavy atom. The number of methoxy groups -OCH3 is 4. The number of hydrogen-bond donors (Lipinski definition) is 0. The molecule has 204 valence electrons. The molecule has 0 fully saturated rings. The average molecular weight is 524 g/mol. The maximum atomic E-state index is 13.3. The molecule has 0 saturated heterocycles. The molecule has 0 aliphatic heterocycles. The first-order chi connectivity index (χ1) is 18.5. The third-order valence-electron chi connectivity index (χ3n) is 6.12. The van der Waals surface area contributed by atoms with E-state index in [1.165, 1.54) is 14.2 Å². The minimum Gasteiger partial charge on any atom is -0.497 e. The maximum absolute atomic E-state index is 13.3. The highest BCUT2D eigenvalue weighted by Gasteiger charge is 2.30. The molecule has 0 saturated carbocycles. The fourth-order valence-electron chi connectivity index (χ4n) is 4.12. The number of benzene rings is 3. The summed E-state index contributed by atoms with van der Waals surface area (Å²) in [5.41, 5.74) is 2.86. The lowest BCUT2D eigenvalue weighted by Crippen LogP contribution is -2.42. The highest BCUT2D eigenvalue weighted by Crippen LogP contribution is 2.35. The number of carbonyl (C=O) groups is 1. The molecule has 0 aliphatic carbocycles. The molecule has 0 bridgehead atoms. The van der Waals surface area contributed by atoms with Crippen molar-refractivity contribution in [1.82, 2.24) is 4.90 Å². The molecule has 3 rings (SSSR count). The van der Waals surface area contributed by atoms with Gasteiger partial charge in [0.25, 0.3) is 0 Å². The van der Waals surface area contributed by atoms with Crippen LogP contribution >= 0.6 is 0 Å². The van der Waals surface area contributed by atoms with Crippen LogP contribution in [0.25, 0.3) is 0 Å². The zero-order valence-electron chi connectivity index (χ0n) is 22.7. The van der Waals surface area contributed by atoms with Gasteiger partial charge in [0.15, 0.2) is 17.8 Å². The van der Waals surface area contributed by atoms with Gasteiger partial charge in [-0.15, -0.1) is 0 Å². The summed E-state index contributed by atoms with van der Waals surface area (Å²) < 4.78 is 33.5. The Kier molecular flexibility index (Phi) is 11.3. The molecular formula is C30H37NO7. The van der Waals surface area contributed by atoms with E-state index in [1.807, 2.05) is 72.8 Å². The van der Waals surface area contributed by atoms with Crippen LogP contribution in [0.4, 0.5) is 4.79 Å². The lowest BCUT2D eigenvalue weighted by atomic mass is 9.96. The van der Waals surface area contributed by atoms with Crippen LogP contribution in [-0.2, 0) is 27.2 Å². The highest BCUT2D eigenvalue weighted by molar-refractivity contribution is 5.68. The van der Waals surface area contributed by atoms with Crippen molar-refractivity contribution in [2.75, 3.05) is 41.6 Å². The van der Waals surface area contributed by atoms with E-state index >= 15 is 0 Å². The summed E-state index contributed by atoms with van der Waals surface area (Å²) in [4.78, 5) is 14.9. The normalized spacial score (nSPS) is 11.6. The van der Waals surface area contributed by atoms with Gasteiger partial charge in [0.05, 0.1) is 33.4 Å². The standard InChI is InChI=1S/C30H37NO7/c1-6-37-30(32)31(20-29(35-4)36-5)26(18-23-13-10-14-25(17-23)33-2)24-15-16-27(34-3)28(19-24)38-21-22-11-8-7-9-12-22/h7-17,19,26,29H,6,18,20-21H2,1-5H3. The van der Waals surface area contributed by atoms with Crippen molar-refractivity contribution in [2.45, 2.75) is 32.3 Å². The van der Waals surface area contributed by atoms with Crippen LogP contribution in [-0.4, -0.2) is 58.9 Å². The SMILES string of the molecule is CCOC(=O)N(CC(OC)OC)C(Cc1cccc(OC)c1)c1ccc(OC)c(OCc2ccccc2)c1. The molecule has 0 heterocycles. The van der Waals surface area contributed by atoms with Crippen molar-refractivity contribution >= 4 is 6.09 Å². The van der Waals surface area contributed by atoms with Crippen LogP contribution in [0.2, 0.25) is 0 Å². The summed E-state index contributed by atoms with van der Waals surface area (Å²) in [6.07, 6.45) is -0.623. The fourth-order valence-corrected chi connectivity index (χ4v) is 4.12. The molecular weight excluding hydrogens is 486 g/mol. The Morgan fingerprint density at radius 1 is 0.816 bits per heavy atom. The van der Waals surface area contributed by atoms with Crippen molar-refractivity contribution in [1.29, 1.82) is 0 Å². The Hall–Kier alpha value is -3.75. The van der Waals surface area contributed by atoms with E-state index in [4.69, 9.17) is 28.4 Å². The largest absolute Gasteiger partial charge is 0.497 e. The molecule has 38 heavy (non-hydrogen) atoms. The van der Waals surface area contributed by atoms with Gasteiger partial charge >= 0.3 is 6.09 Å². The van der Waals surface area contributed by atoms with E-state index < -0.39 is 18.4 Å². The first kappa shape index (κ1) is 28.8. The molecule has 1 amide bonds. The van der Waals surface area contributed by atoms with E-state index in [-0.39, 0.29) is 13.2 Å². The molecule has 0 spiro atoms. The van der Waals surface area contributed by atoms with Crippen molar-refractivity contribution in [3.63, 3.8) is 0 Å². The van der Waals surface area contributed by atoms with Crippen LogP contribution < -0.4 is 14.2 Å². The molecule has 1 unspecified atom stereocenters. The predicted octanol–water partition coefficient (Wildman–Crippen LogP) is 5.64. The van der Waals surface area contributed by atoms with E-state index in [9.17, 15) is 4.79 Å². The molecule has 0 aliphatic rings. The Balaban J connectivity index is 2.04. The molecule has 0 N–H and O–H groups in total. The van der Waals surface area contributed by atoms with Crippen molar-refractivity contribution in [2.24, 2.45) is 0 Å². The van der Waals surface area contributed by atoms with Crippen LogP contribution in [0.3, 0.4) is 0 Å². The predicted molar refractivity (Wildman–Crippen MR) is 145 cm³/mol. The van der Waals surface area contributed by atoms with Gasteiger partial charge in [-0.2, -0.15) is 0 Å². The molecule has 8 heteroatoms. The summed E-state index contributed by atoms with van der Waals surface area (Å²) in [5.74, 6) is 1.90. The third kappa shape index (κ3) is 7.87. The van der Waals surface area contributed by atoms with Gasteiger partial charge in [0.1, 0.15) is 12.4 Å². The van der Waals surface area contributed by atoms with Crippen LogP contribution in [0.5, 0.6) is 17.2 Å². The van der Waals surface area contributed by atoms with Gasteiger partial charge in [-0.1, -0.05) is 48.5 Å². The number of nitrogens with zero attached hydrogens (tertiary/aromatic N) is 1. The smallest absolute Gasteiger partial charge is 0.410 e. The van der Waals surface area contributed by atoms with E-state index in [0.29, 0.717) is 24.5 Å². The highest BCUT2D eigenvalue weighted by atomic mass is 16.7. The molecule has 0 aromatic heterocycles. The summed E-state index contributed by atoms with van der Waals surface area (Å²) in [5, 5.41) is 0. The molecule has 8 nitrogen and oxygen atoms in total. The number of hydrogen-bond acceptors (Lipinski definition) is 7. The second-order valence-corrected chi connectivity index (χ2v) is 8.51. The average Bonchev–Trinajstić information content (AvgIpc) is 2.96. The molecule has 1 atom stereocenters. The molecule has 3 aromatic rings. The minimum atomic E-state index is -0.640. The van der Waals surface area contributed by atoms with Crippen LogP contribution in [0.1, 0.15) is 29.7 Å². The van der Waals surface area contributed by atoms with Gasteiger partial charge in [-0.3, -0.25) is 4.90 Å². The van der Waals surface area contributed by atoms with E-state index in [1.54, 1.807) is 26.0 Å². The van der Waals surface area contributed by atoms with Crippen LogP contribution in [0.15, 0.2) is 72.8 Å². The monoisotopic (exact) mass is 523 g/mol. The molecule has 0 radical (unpaired) electrons. The first-order valence-electron chi connectivity index (χ1n) is 12.5. The van der Waals surface area contributed by atoms with Gasteiger partial charge in [0.2, 0.25) is 0 Å². The number of rotatable bonds is 14. The van der Waals surface area contributed by atoms with Gasteiger partial charge < -0.3 is 28.4 Å². The number of ether oxygens (including phenoxy) is 6. The van der Waals surface area contributed by atoms with Crippen LogP contribution in [0, 0.1) is 0 Å². The first-order valence-corrected chi connectivity index (χ1v) is 12.5. The summed E-state index contributed by atoms with van der Waals surface area (Å²) in [6, 6.07) is 22.9.